The number of fused-ring (bicyclic) bond motifs is 1. The van der Waals surface area contributed by atoms with E-state index in [1.165, 1.54) is 0 Å². The molecule has 102 valence electrons. The second-order valence-corrected chi connectivity index (χ2v) is 5.80. The zero-order valence-electron chi connectivity index (χ0n) is 11.5. The molecule has 0 unspecified atom stereocenters. The summed E-state index contributed by atoms with van der Waals surface area (Å²) < 4.78 is 0.948. The normalized spacial score (nSPS) is 11.5. The predicted octanol–water partition coefficient (Wildman–Crippen LogP) is 3.14. The quantitative estimate of drug-likeness (QED) is 0.918. The van der Waals surface area contributed by atoms with Crippen molar-refractivity contribution in [2.24, 2.45) is 0 Å². The van der Waals surface area contributed by atoms with E-state index in [-0.39, 0.29) is 0 Å². The second kappa shape index (κ2) is 6.30. The molecule has 5 heteroatoms. The lowest BCUT2D eigenvalue weighted by molar-refractivity contribution is 0.284. The lowest BCUT2D eigenvalue weighted by Crippen LogP contribution is -2.31. The van der Waals surface area contributed by atoms with Crippen LogP contribution in [0.15, 0.2) is 29.0 Å². The minimum atomic E-state index is 0.560. The van der Waals surface area contributed by atoms with E-state index in [4.69, 9.17) is 0 Å². The molecule has 0 atom stereocenters. The summed E-state index contributed by atoms with van der Waals surface area (Å²) in [7, 11) is 2.13. The van der Waals surface area contributed by atoms with Crippen LogP contribution in [0.1, 0.15) is 13.8 Å². The molecule has 2 rings (SSSR count). The Morgan fingerprint density at radius 3 is 2.89 bits per heavy atom. The summed E-state index contributed by atoms with van der Waals surface area (Å²) in [6.45, 7) is 6.28. The van der Waals surface area contributed by atoms with Crippen molar-refractivity contribution in [3.63, 3.8) is 0 Å². The van der Waals surface area contributed by atoms with Crippen LogP contribution in [0, 0.1) is 0 Å². The van der Waals surface area contributed by atoms with E-state index in [0.29, 0.717) is 6.04 Å². The Labute approximate surface area is 122 Å². The SMILES string of the molecule is CC(C)N(C)CCNc1ccnc2cc(Br)cnc12. The minimum Gasteiger partial charge on any atom is -0.382 e. The molecule has 2 aromatic heterocycles. The molecule has 0 fully saturated rings. The molecule has 4 nitrogen and oxygen atoms in total. The fraction of sp³-hybridized carbons (Fsp3) is 0.429. The fourth-order valence-corrected chi connectivity index (χ4v) is 2.09. The molecular weight excluding hydrogens is 304 g/mol. The molecule has 0 aliphatic rings. The van der Waals surface area contributed by atoms with Gasteiger partial charge in [0.1, 0.15) is 5.52 Å². The number of nitrogens with one attached hydrogen (secondary N) is 1. The lowest BCUT2D eigenvalue weighted by Gasteiger charge is -2.21. The number of rotatable bonds is 5. The van der Waals surface area contributed by atoms with Crippen LogP contribution in [-0.2, 0) is 0 Å². The van der Waals surface area contributed by atoms with Gasteiger partial charge in [0.05, 0.1) is 11.2 Å². The molecule has 0 radical (unpaired) electrons. The number of aromatic nitrogens is 2. The van der Waals surface area contributed by atoms with E-state index in [0.717, 1.165) is 34.3 Å². The molecule has 0 amide bonds. The van der Waals surface area contributed by atoms with Crippen LogP contribution in [0.3, 0.4) is 0 Å². The van der Waals surface area contributed by atoms with Crippen molar-refractivity contribution in [3.8, 4) is 0 Å². The number of hydrogen-bond acceptors (Lipinski definition) is 4. The van der Waals surface area contributed by atoms with Gasteiger partial charge in [-0.25, -0.2) is 0 Å². The van der Waals surface area contributed by atoms with Gasteiger partial charge in [-0.05, 0) is 49.0 Å². The van der Waals surface area contributed by atoms with Gasteiger partial charge < -0.3 is 10.2 Å². The molecule has 0 aliphatic heterocycles. The number of anilines is 1. The van der Waals surface area contributed by atoms with Crippen LogP contribution in [0.5, 0.6) is 0 Å². The van der Waals surface area contributed by atoms with E-state index in [9.17, 15) is 0 Å². The number of likely N-dealkylation sites (N-methyl/N-ethyl adjacent to an activating group) is 1. The predicted molar refractivity (Wildman–Crippen MR) is 83.5 cm³/mol. The van der Waals surface area contributed by atoms with E-state index in [1.807, 2.05) is 18.3 Å². The van der Waals surface area contributed by atoms with Gasteiger partial charge in [-0.2, -0.15) is 0 Å². The maximum atomic E-state index is 4.43. The first kappa shape index (κ1) is 14.2. The molecule has 19 heavy (non-hydrogen) atoms. The standard InChI is InChI=1S/C14H19BrN4/c1-10(2)19(3)7-6-17-12-4-5-16-13-8-11(15)9-18-14(12)13/h4-5,8-10H,6-7H2,1-3H3,(H,16,17). The highest BCUT2D eigenvalue weighted by atomic mass is 79.9. The molecule has 2 aromatic rings. The molecule has 2 heterocycles. The van der Waals surface area contributed by atoms with Gasteiger partial charge in [0, 0.05) is 36.0 Å². The van der Waals surface area contributed by atoms with Gasteiger partial charge in [0.15, 0.2) is 0 Å². The van der Waals surface area contributed by atoms with Gasteiger partial charge in [-0.3, -0.25) is 9.97 Å². The Balaban J connectivity index is 2.09. The molecule has 0 bridgehead atoms. The molecule has 0 saturated heterocycles. The summed E-state index contributed by atoms with van der Waals surface area (Å²) in [5, 5.41) is 3.43. The van der Waals surface area contributed by atoms with Crippen LogP contribution in [-0.4, -0.2) is 41.0 Å². The second-order valence-electron chi connectivity index (χ2n) is 4.88. The summed E-state index contributed by atoms with van der Waals surface area (Å²) in [6, 6.07) is 4.51. The van der Waals surface area contributed by atoms with Crippen LogP contribution >= 0.6 is 15.9 Å². The summed E-state index contributed by atoms with van der Waals surface area (Å²) in [6.07, 6.45) is 3.61. The number of nitrogens with zero attached hydrogens (tertiary/aromatic N) is 3. The van der Waals surface area contributed by atoms with Gasteiger partial charge in [0.2, 0.25) is 0 Å². The van der Waals surface area contributed by atoms with Gasteiger partial charge in [-0.15, -0.1) is 0 Å². The zero-order valence-corrected chi connectivity index (χ0v) is 13.1. The molecular formula is C14H19BrN4. The Morgan fingerprint density at radius 1 is 1.37 bits per heavy atom. The van der Waals surface area contributed by atoms with Crippen LogP contribution in [0.25, 0.3) is 11.0 Å². The number of pyridine rings is 2. The van der Waals surface area contributed by atoms with Crippen molar-refractivity contribution in [3.05, 3.63) is 29.0 Å². The van der Waals surface area contributed by atoms with Crippen LogP contribution in [0.2, 0.25) is 0 Å². The zero-order chi connectivity index (χ0) is 13.8. The van der Waals surface area contributed by atoms with Crippen molar-refractivity contribution < 1.29 is 0 Å². The van der Waals surface area contributed by atoms with Crippen LogP contribution in [0.4, 0.5) is 5.69 Å². The van der Waals surface area contributed by atoms with Crippen molar-refractivity contribution >= 4 is 32.7 Å². The van der Waals surface area contributed by atoms with Gasteiger partial charge >= 0.3 is 0 Å². The third-order valence-corrected chi connectivity index (χ3v) is 3.64. The lowest BCUT2D eigenvalue weighted by atomic mass is 10.3. The summed E-state index contributed by atoms with van der Waals surface area (Å²) in [4.78, 5) is 11.1. The van der Waals surface area contributed by atoms with Crippen molar-refractivity contribution in [1.29, 1.82) is 0 Å². The topological polar surface area (TPSA) is 41.0 Å². The third kappa shape index (κ3) is 3.64. The smallest absolute Gasteiger partial charge is 0.112 e. The molecule has 0 saturated carbocycles. The van der Waals surface area contributed by atoms with Crippen molar-refractivity contribution in [2.45, 2.75) is 19.9 Å². The fourth-order valence-electron chi connectivity index (χ4n) is 1.77. The third-order valence-electron chi connectivity index (χ3n) is 3.21. The highest BCUT2D eigenvalue weighted by Crippen LogP contribution is 2.21. The number of halogens is 1. The average molecular weight is 323 g/mol. The Hall–Kier alpha value is -1.20. The van der Waals surface area contributed by atoms with Crippen molar-refractivity contribution in [2.75, 3.05) is 25.5 Å². The maximum absolute atomic E-state index is 4.43. The highest BCUT2D eigenvalue weighted by molar-refractivity contribution is 9.10. The Morgan fingerprint density at radius 2 is 2.16 bits per heavy atom. The Kier molecular flexibility index (Phi) is 4.71. The van der Waals surface area contributed by atoms with E-state index < -0.39 is 0 Å². The van der Waals surface area contributed by atoms with Crippen LogP contribution < -0.4 is 5.32 Å². The largest absolute Gasteiger partial charge is 0.382 e. The van der Waals surface area contributed by atoms with E-state index in [2.05, 4.69) is 57.0 Å². The first-order chi connectivity index (χ1) is 9.08. The van der Waals surface area contributed by atoms with Gasteiger partial charge in [-0.1, -0.05) is 0 Å². The molecule has 0 aliphatic carbocycles. The number of hydrogen-bond donors (Lipinski definition) is 1. The summed E-state index contributed by atoms with van der Waals surface area (Å²) >= 11 is 3.42. The Bertz CT molecular complexity index is 556. The monoisotopic (exact) mass is 322 g/mol. The first-order valence-electron chi connectivity index (χ1n) is 6.42. The highest BCUT2D eigenvalue weighted by Gasteiger charge is 2.05. The molecule has 0 aromatic carbocycles. The average Bonchev–Trinajstić information content (AvgIpc) is 2.38. The summed E-state index contributed by atoms with van der Waals surface area (Å²) in [5.74, 6) is 0. The van der Waals surface area contributed by atoms with Gasteiger partial charge in [0.25, 0.3) is 0 Å². The molecule has 0 spiro atoms. The van der Waals surface area contributed by atoms with E-state index >= 15 is 0 Å². The maximum Gasteiger partial charge on any atom is 0.112 e. The van der Waals surface area contributed by atoms with Crippen molar-refractivity contribution in [1.82, 2.24) is 14.9 Å². The first-order valence-corrected chi connectivity index (χ1v) is 7.21. The van der Waals surface area contributed by atoms with E-state index in [1.54, 1.807) is 6.20 Å². The molecule has 1 N–H and O–H groups in total. The summed E-state index contributed by atoms with van der Waals surface area (Å²) in [5.41, 5.74) is 2.85. The minimum absolute atomic E-state index is 0.560.